The molecule has 1 fully saturated rings. The third-order valence-corrected chi connectivity index (χ3v) is 5.92. The van der Waals surface area contributed by atoms with Crippen LogP contribution in [-0.2, 0) is 4.79 Å². The second kappa shape index (κ2) is 8.57. The van der Waals surface area contributed by atoms with E-state index >= 15 is 0 Å². The molecular weight excluding hydrogens is 439 g/mol. The van der Waals surface area contributed by atoms with E-state index in [2.05, 4.69) is 16.3 Å². The number of carbonyl (C=O) groups excluding carboxylic acids is 2. The first-order valence-corrected chi connectivity index (χ1v) is 10.3. The highest BCUT2D eigenvalue weighted by atomic mass is 19.4. The molecule has 1 saturated carbocycles. The summed E-state index contributed by atoms with van der Waals surface area (Å²) in [5.41, 5.74) is 6.64. The van der Waals surface area contributed by atoms with Gasteiger partial charge in [0.25, 0.3) is 5.91 Å². The zero-order chi connectivity index (χ0) is 23.8. The summed E-state index contributed by atoms with van der Waals surface area (Å²) < 4.78 is 40.9. The van der Waals surface area contributed by atoms with Crippen LogP contribution in [-0.4, -0.2) is 37.4 Å². The van der Waals surface area contributed by atoms with E-state index < -0.39 is 18.0 Å². The van der Waals surface area contributed by atoms with Gasteiger partial charge in [-0.2, -0.15) is 28.6 Å². The molecule has 1 aliphatic carbocycles. The average Bonchev–Trinajstić information content (AvgIpc) is 3.52. The number of anilines is 1. The maximum Gasteiger partial charge on any atom is 0.471 e. The topological polar surface area (TPSA) is 131 Å². The molecule has 3 aromatic rings. The molecule has 1 aliphatic rings. The Hall–Kier alpha value is -3.88. The van der Waals surface area contributed by atoms with Gasteiger partial charge >= 0.3 is 12.1 Å². The maximum absolute atomic E-state index is 12.7. The molecule has 4 rings (SSSR count). The lowest BCUT2D eigenvalue weighted by Crippen LogP contribution is -2.30. The predicted molar refractivity (Wildman–Crippen MR) is 111 cm³/mol. The zero-order valence-electron chi connectivity index (χ0n) is 17.3. The summed E-state index contributed by atoms with van der Waals surface area (Å²) in [7, 11) is 0. The molecule has 172 valence electrons. The number of hydrogen-bond acceptors (Lipinski definition) is 5. The zero-order valence-corrected chi connectivity index (χ0v) is 17.3. The number of rotatable bonds is 6. The number of nitriles is 1. The first-order chi connectivity index (χ1) is 15.7. The van der Waals surface area contributed by atoms with Crippen LogP contribution in [0.4, 0.5) is 19.0 Å². The molecule has 12 heteroatoms. The van der Waals surface area contributed by atoms with E-state index in [0.29, 0.717) is 17.0 Å². The van der Waals surface area contributed by atoms with Crippen molar-refractivity contribution >= 4 is 23.1 Å². The number of fused-ring (bicyclic) bond motifs is 1. The van der Waals surface area contributed by atoms with Crippen molar-refractivity contribution in [3.63, 3.8) is 0 Å². The van der Waals surface area contributed by atoms with E-state index in [1.807, 2.05) is 0 Å². The van der Waals surface area contributed by atoms with Crippen LogP contribution in [0.3, 0.4) is 0 Å². The van der Waals surface area contributed by atoms with Gasteiger partial charge in [-0.3, -0.25) is 14.3 Å². The van der Waals surface area contributed by atoms with Crippen LogP contribution in [0.25, 0.3) is 16.6 Å². The van der Waals surface area contributed by atoms with Crippen LogP contribution in [0.5, 0.6) is 0 Å². The van der Waals surface area contributed by atoms with Crippen molar-refractivity contribution in [2.75, 3.05) is 5.32 Å². The Morgan fingerprint density at radius 3 is 2.61 bits per heavy atom. The van der Waals surface area contributed by atoms with Crippen molar-refractivity contribution in [1.29, 1.82) is 5.26 Å². The van der Waals surface area contributed by atoms with Crippen molar-refractivity contribution in [2.45, 2.75) is 44.3 Å². The highest BCUT2D eigenvalue weighted by Gasteiger charge is 2.39. The van der Waals surface area contributed by atoms with Crippen molar-refractivity contribution in [3.8, 4) is 17.2 Å². The number of primary amides is 1. The summed E-state index contributed by atoms with van der Waals surface area (Å²) in [5, 5.41) is 19.5. The van der Waals surface area contributed by atoms with Gasteiger partial charge in [0.05, 0.1) is 42.0 Å². The number of nitrogens with two attached hydrogens (primary N) is 1. The Labute approximate surface area is 186 Å². The van der Waals surface area contributed by atoms with Crippen molar-refractivity contribution < 1.29 is 22.8 Å². The van der Waals surface area contributed by atoms with Crippen LogP contribution in [0.1, 0.15) is 48.5 Å². The highest BCUT2D eigenvalue weighted by Crippen LogP contribution is 2.37. The van der Waals surface area contributed by atoms with Gasteiger partial charge in [-0.1, -0.05) is 12.8 Å². The molecule has 0 radical (unpaired) electrons. The molecule has 0 saturated heterocycles. The first kappa shape index (κ1) is 22.3. The number of nitrogens with one attached hydrogen (secondary N) is 1. The molecule has 1 unspecified atom stereocenters. The molecule has 0 spiro atoms. The van der Waals surface area contributed by atoms with E-state index in [4.69, 9.17) is 5.73 Å². The van der Waals surface area contributed by atoms with Crippen LogP contribution >= 0.6 is 0 Å². The smallest absolute Gasteiger partial charge is 0.366 e. The number of halogens is 3. The Balaban J connectivity index is 1.78. The normalized spacial score (nSPS) is 15.5. The second-order valence-corrected chi connectivity index (χ2v) is 7.95. The fourth-order valence-corrected chi connectivity index (χ4v) is 4.39. The molecule has 9 nitrogen and oxygen atoms in total. The van der Waals surface area contributed by atoms with Gasteiger partial charge in [0.15, 0.2) is 0 Å². The standard InChI is InChI=1S/C21H20F3N7O2/c22-21(23,24)20(33)29-17-6-5-16-18(14(19(26)32)10-28-31(16)17)13-9-27-30(11-13)15(7-8-25)12-3-1-2-4-12/h5-6,9-12,15H,1-4,7H2,(H2,26,32)(H,29,33). The van der Waals surface area contributed by atoms with E-state index in [9.17, 15) is 28.0 Å². The summed E-state index contributed by atoms with van der Waals surface area (Å²) in [6.45, 7) is 0. The van der Waals surface area contributed by atoms with E-state index in [1.165, 1.54) is 18.3 Å². The van der Waals surface area contributed by atoms with E-state index in [1.54, 1.807) is 16.2 Å². The molecule has 0 aliphatic heterocycles. The fourth-order valence-electron chi connectivity index (χ4n) is 4.39. The lowest BCUT2D eigenvalue weighted by Gasteiger charge is -2.21. The highest BCUT2D eigenvalue weighted by molar-refractivity contribution is 6.04. The molecule has 0 bridgehead atoms. The minimum Gasteiger partial charge on any atom is -0.366 e. The van der Waals surface area contributed by atoms with Gasteiger partial charge in [-0.05, 0) is 30.9 Å². The van der Waals surface area contributed by atoms with E-state index in [0.717, 1.165) is 36.4 Å². The number of alkyl halides is 3. The lowest BCUT2D eigenvalue weighted by atomic mass is 9.96. The Bertz CT molecular complexity index is 1250. The number of amides is 2. The quantitative estimate of drug-likeness (QED) is 0.583. The molecule has 3 aromatic heterocycles. The minimum atomic E-state index is -5.07. The predicted octanol–water partition coefficient (Wildman–Crippen LogP) is 3.44. The molecule has 33 heavy (non-hydrogen) atoms. The van der Waals surface area contributed by atoms with Gasteiger partial charge in [0.1, 0.15) is 5.82 Å². The van der Waals surface area contributed by atoms with Crippen LogP contribution < -0.4 is 11.1 Å². The largest absolute Gasteiger partial charge is 0.471 e. The van der Waals surface area contributed by atoms with Crippen LogP contribution in [0.2, 0.25) is 0 Å². The van der Waals surface area contributed by atoms with Gasteiger partial charge in [-0.25, -0.2) is 4.52 Å². The summed E-state index contributed by atoms with van der Waals surface area (Å²) in [4.78, 5) is 23.5. The third-order valence-electron chi connectivity index (χ3n) is 5.92. The molecule has 1 atom stereocenters. The Morgan fingerprint density at radius 1 is 1.24 bits per heavy atom. The Kier molecular flexibility index (Phi) is 5.80. The fraction of sp³-hybridized carbons (Fsp3) is 0.381. The van der Waals surface area contributed by atoms with Gasteiger partial charge in [-0.15, -0.1) is 0 Å². The van der Waals surface area contributed by atoms with Gasteiger partial charge in [0.2, 0.25) is 0 Å². The Morgan fingerprint density at radius 2 is 1.97 bits per heavy atom. The maximum atomic E-state index is 12.7. The van der Waals surface area contributed by atoms with Gasteiger partial charge < -0.3 is 11.1 Å². The number of carbonyl (C=O) groups is 2. The molecule has 3 heterocycles. The molecule has 2 amide bonds. The van der Waals surface area contributed by atoms with E-state index in [-0.39, 0.29) is 29.4 Å². The van der Waals surface area contributed by atoms with Gasteiger partial charge in [0, 0.05) is 17.3 Å². The number of hydrogen-bond donors (Lipinski definition) is 2. The van der Waals surface area contributed by atoms with Crippen molar-refractivity contribution in [1.82, 2.24) is 19.4 Å². The molecule has 0 aromatic carbocycles. The van der Waals surface area contributed by atoms with Crippen molar-refractivity contribution in [3.05, 3.63) is 36.3 Å². The monoisotopic (exact) mass is 459 g/mol. The summed E-state index contributed by atoms with van der Waals surface area (Å²) in [5.74, 6) is -2.83. The van der Waals surface area contributed by atoms with Crippen LogP contribution in [0.15, 0.2) is 30.7 Å². The SMILES string of the molecule is N#CCC(C1CCCC1)n1cc(-c2c(C(N)=O)cnn3c(NC(=O)C(F)(F)F)ccc23)cn1. The number of nitrogens with zero attached hydrogens (tertiary/aromatic N) is 5. The lowest BCUT2D eigenvalue weighted by molar-refractivity contribution is -0.167. The molecular formula is C21H20F3N7O2. The first-order valence-electron chi connectivity index (χ1n) is 10.3. The molecule has 3 N–H and O–H groups in total. The van der Waals surface area contributed by atoms with Crippen LogP contribution in [0, 0.1) is 17.2 Å². The summed E-state index contributed by atoms with van der Waals surface area (Å²) in [6.07, 6.45) is 3.72. The average molecular weight is 459 g/mol. The van der Waals surface area contributed by atoms with Crippen molar-refractivity contribution in [2.24, 2.45) is 11.7 Å². The minimum absolute atomic E-state index is 0.0477. The summed E-state index contributed by atoms with van der Waals surface area (Å²) >= 11 is 0. The third kappa shape index (κ3) is 4.26. The number of aromatic nitrogens is 4. The summed E-state index contributed by atoms with van der Waals surface area (Å²) in [6, 6.07) is 4.76. The second-order valence-electron chi connectivity index (χ2n) is 7.95.